The van der Waals surface area contributed by atoms with E-state index >= 15 is 0 Å². The highest BCUT2D eigenvalue weighted by Crippen LogP contribution is 2.39. The third-order valence-electron chi connectivity index (χ3n) is 4.98. The highest BCUT2D eigenvalue weighted by atomic mass is 32.2. The average Bonchev–Trinajstić information content (AvgIpc) is 2.94. The van der Waals surface area contributed by atoms with Gasteiger partial charge in [0.25, 0.3) is 10.1 Å². The van der Waals surface area contributed by atoms with E-state index in [0.29, 0.717) is 6.61 Å². The normalized spacial score (nSPS) is 19.7. The number of rotatable bonds is 2. The third-order valence-corrected chi connectivity index (χ3v) is 5.84. The Hall–Kier alpha value is -1.93. The predicted octanol–water partition coefficient (Wildman–Crippen LogP) is 2.34. The van der Waals surface area contributed by atoms with Crippen LogP contribution in [0.2, 0.25) is 0 Å². The molecule has 7 heteroatoms. The van der Waals surface area contributed by atoms with Crippen LogP contribution in [0.15, 0.2) is 35.2 Å². The number of fused-ring (bicyclic) bond motifs is 2. The molecule has 0 saturated heterocycles. The molecule has 2 aromatic carbocycles. The summed E-state index contributed by atoms with van der Waals surface area (Å²) >= 11 is 0. The Balaban J connectivity index is 1.81. The van der Waals surface area contributed by atoms with E-state index in [1.54, 1.807) is 12.1 Å². The molecule has 0 aliphatic carbocycles. The largest absolute Gasteiger partial charge is 0.337 e. The average molecular weight is 361 g/mol. The molecule has 0 radical (unpaired) electrons. The summed E-state index contributed by atoms with van der Waals surface area (Å²) in [6.45, 7) is 4.12. The Kier molecular flexibility index (Phi) is 4.04. The molecular weight excluding hydrogens is 342 g/mol. The highest BCUT2D eigenvalue weighted by molar-refractivity contribution is 7.85. The SMILES string of the molecule is Cc1c2c(cc3c1OOC3)C(c1ccc(S(=O)(=O)O)cc1)CNCC2. The Bertz CT molecular complexity index is 921. The van der Waals surface area contributed by atoms with Crippen molar-refractivity contribution in [2.24, 2.45) is 0 Å². The van der Waals surface area contributed by atoms with Crippen molar-refractivity contribution in [1.82, 2.24) is 5.32 Å². The van der Waals surface area contributed by atoms with Gasteiger partial charge in [0.2, 0.25) is 0 Å². The Morgan fingerprint density at radius 1 is 1.24 bits per heavy atom. The lowest BCUT2D eigenvalue weighted by Crippen LogP contribution is -2.21. The zero-order valence-corrected chi connectivity index (χ0v) is 14.6. The fourth-order valence-corrected chi connectivity index (χ4v) is 4.17. The molecule has 2 aliphatic heterocycles. The molecule has 132 valence electrons. The molecule has 1 atom stereocenters. The first-order valence-electron chi connectivity index (χ1n) is 8.18. The van der Waals surface area contributed by atoms with Gasteiger partial charge in [-0.1, -0.05) is 12.1 Å². The van der Waals surface area contributed by atoms with E-state index in [9.17, 15) is 8.42 Å². The molecule has 6 nitrogen and oxygen atoms in total. The quantitative estimate of drug-likeness (QED) is 0.631. The molecule has 0 amide bonds. The van der Waals surface area contributed by atoms with Crippen molar-refractivity contribution in [3.05, 3.63) is 58.1 Å². The van der Waals surface area contributed by atoms with Crippen molar-refractivity contribution in [3.63, 3.8) is 0 Å². The summed E-state index contributed by atoms with van der Waals surface area (Å²) in [4.78, 5) is 10.4. The topological polar surface area (TPSA) is 84.9 Å². The molecule has 2 N–H and O–H groups in total. The van der Waals surface area contributed by atoms with E-state index in [-0.39, 0.29) is 10.8 Å². The molecule has 1 unspecified atom stereocenters. The van der Waals surface area contributed by atoms with Gasteiger partial charge in [0.15, 0.2) is 5.75 Å². The van der Waals surface area contributed by atoms with Crippen molar-refractivity contribution in [2.75, 3.05) is 13.1 Å². The summed E-state index contributed by atoms with van der Waals surface area (Å²) < 4.78 is 31.7. The van der Waals surface area contributed by atoms with Crippen molar-refractivity contribution in [1.29, 1.82) is 0 Å². The minimum atomic E-state index is -4.18. The molecule has 25 heavy (non-hydrogen) atoms. The minimum absolute atomic E-state index is 0.0926. The maximum atomic E-state index is 11.3. The monoisotopic (exact) mass is 361 g/mol. The smallest absolute Gasteiger partial charge is 0.294 e. The fourth-order valence-electron chi connectivity index (χ4n) is 3.69. The van der Waals surface area contributed by atoms with Gasteiger partial charge in [-0.15, -0.1) is 0 Å². The van der Waals surface area contributed by atoms with Crippen LogP contribution in [0.25, 0.3) is 0 Å². The van der Waals surface area contributed by atoms with Crippen LogP contribution in [0, 0.1) is 6.92 Å². The predicted molar refractivity (Wildman–Crippen MR) is 91.3 cm³/mol. The van der Waals surface area contributed by atoms with Gasteiger partial charge >= 0.3 is 0 Å². The van der Waals surface area contributed by atoms with Crippen molar-refractivity contribution in [2.45, 2.75) is 30.8 Å². The molecule has 4 rings (SSSR count). The molecule has 0 spiro atoms. The molecule has 0 bridgehead atoms. The summed E-state index contributed by atoms with van der Waals surface area (Å²) in [6, 6.07) is 8.56. The molecule has 0 fully saturated rings. The van der Waals surface area contributed by atoms with Crippen LogP contribution in [0.5, 0.6) is 5.75 Å². The van der Waals surface area contributed by atoms with Crippen LogP contribution in [0.1, 0.15) is 33.7 Å². The van der Waals surface area contributed by atoms with Crippen LogP contribution in [-0.4, -0.2) is 26.1 Å². The first-order chi connectivity index (χ1) is 11.9. The summed E-state index contributed by atoms with van der Waals surface area (Å²) in [7, 11) is -4.18. The standard InChI is InChI=1S/C18H19NO5S/c1-11-15-6-7-19-9-17(16(15)8-13-10-23-24-18(11)13)12-2-4-14(5-3-12)25(20,21)22/h2-5,8,17,19H,6-7,9-10H2,1H3,(H,20,21,22). The molecule has 2 aliphatic rings. The Morgan fingerprint density at radius 2 is 2.00 bits per heavy atom. The van der Waals surface area contributed by atoms with E-state index in [4.69, 9.17) is 14.3 Å². The number of nitrogens with one attached hydrogen (secondary N) is 1. The Labute approximate surface area is 146 Å². The van der Waals surface area contributed by atoms with E-state index in [1.807, 2.05) is 0 Å². The molecule has 2 aromatic rings. The second-order valence-electron chi connectivity index (χ2n) is 6.45. The second kappa shape index (κ2) is 6.10. The number of hydrogen-bond acceptors (Lipinski definition) is 5. The first kappa shape index (κ1) is 16.5. The van der Waals surface area contributed by atoms with Gasteiger partial charge in [0, 0.05) is 18.0 Å². The lowest BCUT2D eigenvalue weighted by Gasteiger charge is -2.20. The van der Waals surface area contributed by atoms with E-state index in [1.165, 1.54) is 23.3 Å². The molecular formula is C18H19NO5S. The number of benzene rings is 2. The molecule has 2 heterocycles. The summed E-state index contributed by atoms with van der Waals surface area (Å²) in [5.74, 6) is 0.915. The van der Waals surface area contributed by atoms with Crippen LogP contribution in [0.3, 0.4) is 0 Å². The lowest BCUT2D eigenvalue weighted by molar-refractivity contribution is -0.194. The van der Waals surface area contributed by atoms with Crippen LogP contribution in [-0.2, 0) is 28.0 Å². The van der Waals surface area contributed by atoms with E-state index in [0.717, 1.165) is 42.0 Å². The molecule has 0 aromatic heterocycles. The zero-order valence-electron chi connectivity index (χ0n) is 13.8. The second-order valence-corrected chi connectivity index (χ2v) is 7.88. The summed E-state index contributed by atoms with van der Waals surface area (Å²) in [5, 5.41) is 3.45. The molecule has 0 saturated carbocycles. The Morgan fingerprint density at radius 3 is 2.72 bits per heavy atom. The van der Waals surface area contributed by atoms with Gasteiger partial charge < -0.3 is 10.2 Å². The van der Waals surface area contributed by atoms with Gasteiger partial charge in [0.05, 0.1) is 4.90 Å². The fraction of sp³-hybridized carbons (Fsp3) is 0.333. The van der Waals surface area contributed by atoms with E-state index < -0.39 is 10.1 Å². The summed E-state index contributed by atoms with van der Waals surface area (Å²) in [5.41, 5.74) is 5.61. The first-order valence-corrected chi connectivity index (χ1v) is 9.62. The van der Waals surface area contributed by atoms with E-state index in [2.05, 4.69) is 18.3 Å². The summed E-state index contributed by atoms with van der Waals surface area (Å²) in [6.07, 6.45) is 0.900. The number of hydrogen-bond donors (Lipinski definition) is 2. The van der Waals surface area contributed by atoms with Gasteiger partial charge in [0.1, 0.15) is 6.61 Å². The van der Waals surface area contributed by atoms with Gasteiger partial charge in [-0.3, -0.25) is 4.55 Å². The van der Waals surface area contributed by atoms with Crippen LogP contribution in [0.4, 0.5) is 0 Å². The van der Waals surface area contributed by atoms with Gasteiger partial charge in [-0.05, 0) is 60.3 Å². The van der Waals surface area contributed by atoms with Crippen molar-refractivity contribution >= 4 is 10.1 Å². The third kappa shape index (κ3) is 2.93. The van der Waals surface area contributed by atoms with Crippen LogP contribution >= 0.6 is 0 Å². The van der Waals surface area contributed by atoms with Crippen molar-refractivity contribution < 1.29 is 22.7 Å². The van der Waals surface area contributed by atoms with Crippen LogP contribution < -0.4 is 10.2 Å². The maximum Gasteiger partial charge on any atom is 0.294 e. The lowest BCUT2D eigenvalue weighted by atomic mass is 9.85. The maximum absolute atomic E-state index is 11.3. The van der Waals surface area contributed by atoms with Gasteiger partial charge in [-0.2, -0.15) is 13.3 Å². The highest BCUT2D eigenvalue weighted by Gasteiger charge is 2.28. The minimum Gasteiger partial charge on any atom is -0.337 e. The zero-order chi connectivity index (χ0) is 17.6. The van der Waals surface area contributed by atoms with Crippen molar-refractivity contribution in [3.8, 4) is 5.75 Å². The van der Waals surface area contributed by atoms with Gasteiger partial charge in [-0.25, -0.2) is 0 Å².